The molecule has 2 aromatic rings. The predicted molar refractivity (Wildman–Crippen MR) is 78.2 cm³/mol. The van der Waals surface area contributed by atoms with E-state index in [1.165, 1.54) is 0 Å². The highest BCUT2D eigenvalue weighted by Gasteiger charge is 2.24. The first-order valence-corrected chi connectivity index (χ1v) is 6.55. The van der Waals surface area contributed by atoms with Gasteiger partial charge in [-0.2, -0.15) is 0 Å². The highest BCUT2D eigenvalue weighted by atomic mass is 16.6. The van der Waals surface area contributed by atoms with Crippen molar-refractivity contribution < 1.29 is 4.92 Å². The summed E-state index contributed by atoms with van der Waals surface area (Å²) in [5.74, 6) is 0. The Kier molecular flexibility index (Phi) is 3.02. The molecule has 0 atom stereocenters. The third-order valence-electron chi connectivity index (χ3n) is 3.88. The van der Waals surface area contributed by atoms with Crippen molar-refractivity contribution in [3.8, 4) is 0 Å². The molecule has 1 fully saturated rings. The quantitative estimate of drug-likeness (QED) is 0.682. The zero-order valence-corrected chi connectivity index (χ0v) is 11.5. The minimum atomic E-state index is -0.353. The van der Waals surface area contributed by atoms with Crippen LogP contribution in [-0.4, -0.2) is 36.1 Å². The number of hydrogen-bond donors (Lipinski definition) is 1. The zero-order chi connectivity index (χ0) is 14.3. The molecule has 1 aliphatic rings. The second kappa shape index (κ2) is 4.72. The average Bonchev–Trinajstić information content (AvgIpc) is 2.34. The lowest BCUT2D eigenvalue weighted by Gasteiger charge is -2.37. The van der Waals surface area contributed by atoms with E-state index in [1.54, 1.807) is 12.3 Å². The van der Waals surface area contributed by atoms with Crippen molar-refractivity contribution in [1.29, 1.82) is 0 Å². The van der Waals surface area contributed by atoms with Crippen LogP contribution < -0.4 is 10.2 Å². The number of aryl methyl sites for hydroxylation is 1. The van der Waals surface area contributed by atoms with Crippen molar-refractivity contribution >= 4 is 22.1 Å². The topological polar surface area (TPSA) is 71.3 Å². The third kappa shape index (κ3) is 1.98. The molecule has 0 bridgehead atoms. The van der Waals surface area contributed by atoms with E-state index in [2.05, 4.69) is 15.2 Å². The molecule has 0 aliphatic carbocycles. The molecule has 20 heavy (non-hydrogen) atoms. The number of anilines is 1. The van der Waals surface area contributed by atoms with Crippen LogP contribution in [0.5, 0.6) is 0 Å². The summed E-state index contributed by atoms with van der Waals surface area (Å²) in [6.45, 7) is 3.78. The van der Waals surface area contributed by atoms with Crippen LogP contribution in [0.2, 0.25) is 0 Å². The molecule has 0 radical (unpaired) electrons. The lowest BCUT2D eigenvalue weighted by molar-refractivity contribution is -0.383. The molecule has 6 nitrogen and oxygen atoms in total. The Hall–Kier alpha value is -2.21. The summed E-state index contributed by atoms with van der Waals surface area (Å²) in [6, 6.07) is 5.75. The van der Waals surface area contributed by atoms with Gasteiger partial charge in [-0.15, -0.1) is 0 Å². The van der Waals surface area contributed by atoms with Gasteiger partial charge in [0, 0.05) is 49.2 Å². The number of rotatable bonds is 3. The number of nitrogens with one attached hydrogen (secondary N) is 1. The molecule has 3 rings (SSSR count). The van der Waals surface area contributed by atoms with Crippen LogP contribution in [0.25, 0.3) is 10.8 Å². The number of pyridine rings is 1. The third-order valence-corrected chi connectivity index (χ3v) is 3.88. The molecule has 2 heterocycles. The Morgan fingerprint density at radius 3 is 2.75 bits per heavy atom. The fraction of sp³-hybridized carbons (Fsp3) is 0.357. The van der Waals surface area contributed by atoms with Gasteiger partial charge in [-0.3, -0.25) is 15.1 Å². The van der Waals surface area contributed by atoms with Crippen LogP contribution in [0.15, 0.2) is 24.4 Å². The lowest BCUT2D eigenvalue weighted by Crippen LogP contribution is -2.56. The predicted octanol–water partition coefficient (Wildman–Crippen LogP) is 1.86. The van der Waals surface area contributed by atoms with Crippen LogP contribution in [0.4, 0.5) is 11.4 Å². The van der Waals surface area contributed by atoms with Crippen molar-refractivity contribution in [3.63, 3.8) is 0 Å². The molecule has 1 aliphatic heterocycles. The van der Waals surface area contributed by atoms with Crippen LogP contribution >= 0.6 is 0 Å². The highest BCUT2D eigenvalue weighted by Crippen LogP contribution is 2.34. The Bertz CT molecular complexity index is 682. The molecule has 6 heteroatoms. The van der Waals surface area contributed by atoms with Gasteiger partial charge >= 0.3 is 0 Å². The standard InChI is InChI=1S/C14H16N4O2/c1-9-5-11-12(8-16-9)14(18(19)20)4-3-13(11)17(2)10-6-15-7-10/h3-5,8,10,15H,6-7H2,1-2H3. The number of likely N-dealkylation sites (N-methyl/N-ethyl adjacent to an activating group) is 1. The fourth-order valence-corrected chi connectivity index (χ4v) is 2.52. The first kappa shape index (κ1) is 12.8. The first-order valence-electron chi connectivity index (χ1n) is 6.55. The maximum Gasteiger partial charge on any atom is 0.278 e. The molecule has 0 saturated carbocycles. The fourth-order valence-electron chi connectivity index (χ4n) is 2.52. The Morgan fingerprint density at radius 1 is 1.40 bits per heavy atom. The van der Waals surface area contributed by atoms with E-state index >= 15 is 0 Å². The minimum absolute atomic E-state index is 0.108. The number of nitro benzene ring substituents is 1. The molecule has 1 saturated heterocycles. The molecule has 0 spiro atoms. The summed E-state index contributed by atoms with van der Waals surface area (Å²) >= 11 is 0. The molecule has 0 unspecified atom stereocenters. The van der Waals surface area contributed by atoms with Gasteiger partial charge in [0.05, 0.1) is 16.4 Å². The van der Waals surface area contributed by atoms with Crippen molar-refractivity contribution in [2.24, 2.45) is 0 Å². The average molecular weight is 272 g/mol. The number of benzene rings is 1. The Morgan fingerprint density at radius 2 is 2.15 bits per heavy atom. The number of hydrogen-bond acceptors (Lipinski definition) is 5. The second-order valence-electron chi connectivity index (χ2n) is 5.16. The molecule has 104 valence electrons. The monoisotopic (exact) mass is 272 g/mol. The van der Waals surface area contributed by atoms with Crippen molar-refractivity contribution in [1.82, 2.24) is 10.3 Å². The van der Waals surface area contributed by atoms with Gasteiger partial charge in [-0.05, 0) is 19.1 Å². The summed E-state index contributed by atoms with van der Waals surface area (Å²) in [7, 11) is 2.03. The normalized spacial score (nSPS) is 15.1. The van der Waals surface area contributed by atoms with E-state index in [1.807, 2.05) is 26.1 Å². The molecule has 1 aromatic carbocycles. The van der Waals surface area contributed by atoms with Crippen LogP contribution in [0.1, 0.15) is 5.69 Å². The zero-order valence-electron chi connectivity index (χ0n) is 11.5. The van der Waals surface area contributed by atoms with Gasteiger partial charge in [0.2, 0.25) is 0 Å². The van der Waals surface area contributed by atoms with Gasteiger partial charge in [0.1, 0.15) is 0 Å². The molecular formula is C14H16N4O2. The number of nitro groups is 1. The number of nitrogens with zero attached hydrogens (tertiary/aromatic N) is 3. The van der Waals surface area contributed by atoms with E-state index in [0.717, 1.165) is 29.9 Å². The van der Waals surface area contributed by atoms with Gasteiger partial charge in [0.15, 0.2) is 0 Å². The van der Waals surface area contributed by atoms with E-state index in [-0.39, 0.29) is 10.6 Å². The number of fused-ring (bicyclic) bond motifs is 1. The molecule has 1 aromatic heterocycles. The maximum atomic E-state index is 11.1. The minimum Gasteiger partial charge on any atom is -0.369 e. The van der Waals surface area contributed by atoms with E-state index in [4.69, 9.17) is 0 Å². The second-order valence-corrected chi connectivity index (χ2v) is 5.16. The van der Waals surface area contributed by atoms with Crippen LogP contribution in [-0.2, 0) is 0 Å². The van der Waals surface area contributed by atoms with Gasteiger partial charge < -0.3 is 10.2 Å². The maximum absolute atomic E-state index is 11.1. The van der Waals surface area contributed by atoms with E-state index in [9.17, 15) is 10.1 Å². The summed E-state index contributed by atoms with van der Waals surface area (Å²) in [5.41, 5.74) is 1.98. The molecule has 0 amide bonds. The Balaban J connectivity index is 2.19. The first-order chi connectivity index (χ1) is 9.58. The summed E-state index contributed by atoms with van der Waals surface area (Å²) < 4.78 is 0. The van der Waals surface area contributed by atoms with Crippen molar-refractivity contribution in [2.45, 2.75) is 13.0 Å². The summed E-state index contributed by atoms with van der Waals surface area (Å²) in [4.78, 5) is 17.2. The SMILES string of the molecule is Cc1cc2c(N(C)C3CNC3)ccc([N+](=O)[O-])c2cn1. The van der Waals surface area contributed by atoms with Crippen molar-refractivity contribution in [3.05, 3.63) is 40.2 Å². The Labute approximate surface area is 116 Å². The van der Waals surface area contributed by atoms with Gasteiger partial charge in [-0.25, -0.2) is 0 Å². The molecular weight excluding hydrogens is 256 g/mol. The van der Waals surface area contributed by atoms with Crippen LogP contribution in [0, 0.1) is 17.0 Å². The summed E-state index contributed by atoms with van der Waals surface area (Å²) in [6.07, 6.45) is 1.60. The number of non-ortho nitro benzene ring substituents is 1. The van der Waals surface area contributed by atoms with Gasteiger partial charge in [0.25, 0.3) is 5.69 Å². The smallest absolute Gasteiger partial charge is 0.278 e. The van der Waals surface area contributed by atoms with Crippen LogP contribution in [0.3, 0.4) is 0 Å². The lowest BCUT2D eigenvalue weighted by atomic mass is 10.0. The highest BCUT2D eigenvalue weighted by molar-refractivity contribution is 5.99. The van der Waals surface area contributed by atoms with E-state index < -0.39 is 0 Å². The van der Waals surface area contributed by atoms with Crippen molar-refractivity contribution in [2.75, 3.05) is 25.0 Å². The number of aromatic nitrogens is 1. The molecule has 1 N–H and O–H groups in total. The van der Waals surface area contributed by atoms with Gasteiger partial charge in [-0.1, -0.05) is 0 Å². The summed E-state index contributed by atoms with van der Waals surface area (Å²) in [5, 5.41) is 15.9. The van der Waals surface area contributed by atoms with E-state index in [0.29, 0.717) is 11.4 Å². The largest absolute Gasteiger partial charge is 0.369 e.